The first-order valence-electron chi connectivity index (χ1n) is 9.19. The van der Waals surface area contributed by atoms with E-state index in [4.69, 9.17) is 9.05 Å². The van der Waals surface area contributed by atoms with E-state index in [1.165, 1.54) is 17.7 Å². The van der Waals surface area contributed by atoms with Crippen LogP contribution in [0.4, 0.5) is 5.13 Å². The smallest absolute Gasteiger partial charge is 0.279 e. The van der Waals surface area contributed by atoms with Gasteiger partial charge in [0.1, 0.15) is 11.5 Å². The number of amides is 1. The summed E-state index contributed by atoms with van der Waals surface area (Å²) in [7, 11) is 0. The van der Waals surface area contributed by atoms with Gasteiger partial charge in [0.15, 0.2) is 10.8 Å². The SMILES string of the molecule is Cc1noc(C)c1Cc1c(C(=O)Nc2nc3c(s2)CCCCC3)noc1C. The van der Waals surface area contributed by atoms with Gasteiger partial charge in [-0.15, -0.1) is 11.3 Å². The highest BCUT2D eigenvalue weighted by atomic mass is 32.1. The lowest BCUT2D eigenvalue weighted by atomic mass is 10.0. The first-order valence-corrected chi connectivity index (χ1v) is 10.0. The van der Waals surface area contributed by atoms with Gasteiger partial charge in [-0.1, -0.05) is 16.7 Å². The Morgan fingerprint density at radius 3 is 2.56 bits per heavy atom. The van der Waals surface area contributed by atoms with Crippen LogP contribution in [0.3, 0.4) is 0 Å². The summed E-state index contributed by atoms with van der Waals surface area (Å²) in [6, 6.07) is 0. The first kappa shape index (κ1) is 17.9. The molecule has 1 aliphatic carbocycles. The number of aryl methyl sites for hydroxylation is 5. The highest BCUT2D eigenvalue weighted by molar-refractivity contribution is 7.15. The average Bonchev–Trinajstić information content (AvgIpc) is 3.24. The first-order chi connectivity index (χ1) is 13.0. The number of carbonyl (C=O) groups excluding carboxylic acids is 1. The molecule has 7 nitrogen and oxygen atoms in total. The largest absolute Gasteiger partial charge is 0.361 e. The van der Waals surface area contributed by atoms with Crippen LogP contribution in [-0.4, -0.2) is 21.2 Å². The van der Waals surface area contributed by atoms with Gasteiger partial charge in [0.05, 0.1) is 11.4 Å². The minimum absolute atomic E-state index is 0.290. The fourth-order valence-electron chi connectivity index (χ4n) is 3.45. The lowest BCUT2D eigenvalue weighted by Gasteiger charge is -2.03. The summed E-state index contributed by atoms with van der Waals surface area (Å²) in [5.41, 5.74) is 3.93. The molecule has 3 heterocycles. The number of carbonyl (C=O) groups is 1. The van der Waals surface area contributed by atoms with E-state index >= 15 is 0 Å². The zero-order chi connectivity index (χ0) is 19.0. The fourth-order valence-corrected chi connectivity index (χ4v) is 4.49. The molecular formula is C19H22N4O3S. The third kappa shape index (κ3) is 3.53. The van der Waals surface area contributed by atoms with Crippen LogP contribution in [0.25, 0.3) is 0 Å². The van der Waals surface area contributed by atoms with Crippen molar-refractivity contribution in [2.24, 2.45) is 0 Å². The average molecular weight is 386 g/mol. The van der Waals surface area contributed by atoms with Crippen molar-refractivity contribution in [2.75, 3.05) is 5.32 Å². The summed E-state index contributed by atoms with van der Waals surface area (Å²) >= 11 is 1.57. The second-order valence-electron chi connectivity index (χ2n) is 6.95. The Balaban J connectivity index is 1.56. The Kier molecular flexibility index (Phi) is 4.82. The minimum Gasteiger partial charge on any atom is -0.361 e. The monoisotopic (exact) mass is 386 g/mol. The number of thiazole rings is 1. The van der Waals surface area contributed by atoms with Crippen LogP contribution < -0.4 is 5.32 Å². The normalized spacial score (nSPS) is 14.0. The predicted molar refractivity (Wildman–Crippen MR) is 101 cm³/mol. The maximum absolute atomic E-state index is 12.8. The molecule has 1 N–H and O–H groups in total. The Hall–Kier alpha value is -2.48. The molecule has 0 bridgehead atoms. The Morgan fingerprint density at radius 2 is 1.78 bits per heavy atom. The van der Waals surface area contributed by atoms with E-state index in [1.807, 2.05) is 20.8 Å². The maximum atomic E-state index is 12.8. The molecule has 0 fully saturated rings. The molecule has 0 aromatic carbocycles. The van der Waals surface area contributed by atoms with E-state index in [2.05, 4.69) is 20.6 Å². The number of aromatic nitrogens is 3. The summed E-state index contributed by atoms with van der Waals surface area (Å²) < 4.78 is 10.5. The molecule has 0 aliphatic heterocycles. The topological polar surface area (TPSA) is 94.1 Å². The standard InChI is InChI=1S/C19H22N4O3S/c1-10-13(11(2)25-22-10)9-14-12(3)26-23-17(14)18(24)21-19-20-15-7-5-4-6-8-16(15)27-19/h4-9H2,1-3H3,(H,20,21,24). The fraction of sp³-hybridized carbons (Fsp3) is 0.474. The second kappa shape index (κ2) is 7.26. The van der Waals surface area contributed by atoms with Gasteiger partial charge in [0.2, 0.25) is 0 Å². The number of nitrogens with one attached hydrogen (secondary N) is 1. The molecule has 0 atom stereocenters. The molecule has 1 aliphatic rings. The van der Waals surface area contributed by atoms with E-state index in [-0.39, 0.29) is 11.6 Å². The van der Waals surface area contributed by atoms with Crippen molar-refractivity contribution in [3.63, 3.8) is 0 Å². The molecule has 3 aromatic rings. The molecule has 8 heteroatoms. The molecule has 0 saturated carbocycles. The summed E-state index contributed by atoms with van der Waals surface area (Å²) in [4.78, 5) is 18.7. The van der Waals surface area contributed by atoms with Gasteiger partial charge in [0, 0.05) is 22.4 Å². The van der Waals surface area contributed by atoms with Crippen LogP contribution in [0.5, 0.6) is 0 Å². The predicted octanol–water partition coefficient (Wildman–Crippen LogP) is 4.16. The molecule has 0 unspecified atom stereocenters. The Labute approximate surface area is 161 Å². The molecule has 1 amide bonds. The van der Waals surface area contributed by atoms with Crippen LogP contribution in [0.2, 0.25) is 0 Å². The summed E-state index contributed by atoms with van der Waals surface area (Å²) in [5.74, 6) is 1.07. The number of hydrogen-bond acceptors (Lipinski definition) is 7. The van der Waals surface area contributed by atoms with Gasteiger partial charge in [-0.25, -0.2) is 4.98 Å². The lowest BCUT2D eigenvalue weighted by molar-refractivity contribution is 0.101. The van der Waals surface area contributed by atoms with Crippen LogP contribution in [0, 0.1) is 20.8 Å². The van der Waals surface area contributed by atoms with Gasteiger partial charge in [-0.2, -0.15) is 0 Å². The van der Waals surface area contributed by atoms with Crippen molar-refractivity contribution >= 4 is 22.4 Å². The minimum atomic E-state index is -0.294. The van der Waals surface area contributed by atoms with Crippen molar-refractivity contribution in [1.29, 1.82) is 0 Å². The third-order valence-corrected chi connectivity index (χ3v) is 6.12. The van der Waals surface area contributed by atoms with E-state index in [1.54, 1.807) is 11.3 Å². The summed E-state index contributed by atoms with van der Waals surface area (Å²) in [6.45, 7) is 5.56. The zero-order valence-electron chi connectivity index (χ0n) is 15.7. The third-order valence-electron chi connectivity index (χ3n) is 5.05. The van der Waals surface area contributed by atoms with Crippen LogP contribution in [-0.2, 0) is 19.3 Å². The van der Waals surface area contributed by atoms with Crippen LogP contribution in [0.15, 0.2) is 9.05 Å². The molecule has 27 heavy (non-hydrogen) atoms. The number of hydrogen-bond donors (Lipinski definition) is 1. The highest BCUT2D eigenvalue weighted by Crippen LogP contribution is 2.30. The van der Waals surface area contributed by atoms with Crippen molar-refractivity contribution in [3.05, 3.63) is 44.6 Å². The quantitative estimate of drug-likeness (QED) is 0.677. The van der Waals surface area contributed by atoms with Crippen molar-refractivity contribution in [2.45, 2.75) is 59.3 Å². The van der Waals surface area contributed by atoms with E-state index in [0.717, 1.165) is 47.5 Å². The van der Waals surface area contributed by atoms with Gasteiger partial charge >= 0.3 is 0 Å². The maximum Gasteiger partial charge on any atom is 0.279 e. The summed E-state index contributed by atoms with van der Waals surface area (Å²) in [5, 5.41) is 11.5. The zero-order valence-corrected chi connectivity index (χ0v) is 16.5. The molecule has 142 valence electrons. The molecule has 4 rings (SSSR count). The van der Waals surface area contributed by atoms with Crippen LogP contribution >= 0.6 is 11.3 Å². The molecule has 3 aromatic heterocycles. The van der Waals surface area contributed by atoms with Crippen molar-refractivity contribution in [3.8, 4) is 0 Å². The van der Waals surface area contributed by atoms with Crippen molar-refractivity contribution in [1.82, 2.24) is 15.3 Å². The van der Waals surface area contributed by atoms with Gasteiger partial charge in [-0.05, 0) is 46.5 Å². The van der Waals surface area contributed by atoms with Gasteiger partial charge < -0.3 is 9.05 Å². The molecular weight excluding hydrogens is 364 g/mol. The molecule has 0 saturated heterocycles. The number of fused-ring (bicyclic) bond motifs is 1. The number of anilines is 1. The van der Waals surface area contributed by atoms with E-state index in [9.17, 15) is 4.79 Å². The van der Waals surface area contributed by atoms with Crippen molar-refractivity contribution < 1.29 is 13.8 Å². The Morgan fingerprint density at radius 1 is 1.04 bits per heavy atom. The van der Waals surface area contributed by atoms with Gasteiger partial charge in [0.25, 0.3) is 5.91 Å². The molecule has 0 radical (unpaired) electrons. The van der Waals surface area contributed by atoms with Gasteiger partial charge in [-0.3, -0.25) is 10.1 Å². The highest BCUT2D eigenvalue weighted by Gasteiger charge is 2.24. The number of nitrogens with zero attached hydrogens (tertiary/aromatic N) is 3. The summed E-state index contributed by atoms with van der Waals surface area (Å²) in [6.07, 6.45) is 6.12. The van der Waals surface area contributed by atoms with E-state index < -0.39 is 0 Å². The van der Waals surface area contributed by atoms with Crippen LogP contribution in [0.1, 0.15) is 68.7 Å². The second-order valence-corrected chi connectivity index (χ2v) is 8.03. The number of rotatable bonds is 4. The van der Waals surface area contributed by atoms with E-state index in [0.29, 0.717) is 17.3 Å². The lowest BCUT2D eigenvalue weighted by Crippen LogP contribution is -2.15. The Bertz CT molecular complexity index is 942. The molecule has 0 spiro atoms.